The van der Waals surface area contributed by atoms with E-state index in [0.717, 1.165) is 42.6 Å². The second-order valence-electron chi connectivity index (χ2n) is 13.9. The van der Waals surface area contributed by atoms with Crippen LogP contribution in [-0.4, -0.2) is 70.9 Å². The van der Waals surface area contributed by atoms with Gasteiger partial charge in [-0.2, -0.15) is 5.10 Å². The third-order valence-corrected chi connectivity index (χ3v) is 13.6. The summed E-state index contributed by atoms with van der Waals surface area (Å²) in [6.45, 7) is 18.0. The zero-order chi connectivity index (χ0) is 31.5. The Bertz CT molecular complexity index is 1430. The first-order valence-corrected chi connectivity index (χ1v) is 18.9. The molecule has 1 fully saturated rings. The van der Waals surface area contributed by atoms with E-state index in [9.17, 15) is 4.79 Å². The van der Waals surface area contributed by atoms with Crippen LogP contribution in [0.5, 0.6) is 0 Å². The average Bonchev–Trinajstić information content (AvgIpc) is 3.28. The van der Waals surface area contributed by atoms with Crippen molar-refractivity contribution < 1.29 is 14.0 Å². The molecule has 1 saturated heterocycles. The molecule has 2 amide bonds. The molecular weight excluding hydrogens is 570 g/mol. The van der Waals surface area contributed by atoms with Crippen molar-refractivity contribution in [2.45, 2.75) is 103 Å². The molecule has 0 spiro atoms. The molecule has 1 aromatic carbocycles. The molecule has 1 aliphatic heterocycles. The Balaban J connectivity index is 1.21. The molecule has 0 radical (unpaired) electrons. The predicted molar refractivity (Wildman–Crippen MR) is 177 cm³/mol. The van der Waals surface area contributed by atoms with Gasteiger partial charge in [0.2, 0.25) is 5.95 Å². The van der Waals surface area contributed by atoms with E-state index in [4.69, 9.17) is 14.1 Å². The van der Waals surface area contributed by atoms with Crippen LogP contribution in [0.4, 0.5) is 16.4 Å². The van der Waals surface area contributed by atoms with E-state index in [1.165, 1.54) is 11.1 Å². The summed E-state index contributed by atoms with van der Waals surface area (Å²) in [7, 11) is -1.79. The number of rotatable bonds is 10. The number of carbonyl (C=O) groups excluding carboxylic acids is 1. The van der Waals surface area contributed by atoms with Crippen LogP contribution in [0.25, 0.3) is 11.3 Å². The van der Waals surface area contributed by atoms with Crippen molar-refractivity contribution in [1.82, 2.24) is 30.0 Å². The number of likely N-dealkylation sites (tertiary alicyclic amines) is 1. The number of ether oxygens (including phenoxy) is 1. The van der Waals surface area contributed by atoms with Crippen LogP contribution >= 0.6 is 0 Å². The lowest BCUT2D eigenvalue weighted by Gasteiger charge is -2.40. The van der Waals surface area contributed by atoms with E-state index >= 15 is 0 Å². The Labute approximate surface area is 263 Å². The number of hydrogen-bond donors (Lipinski definition) is 2. The number of carbonyl (C=O) groups is 1. The van der Waals surface area contributed by atoms with Gasteiger partial charge in [0.05, 0.1) is 62.1 Å². The number of amides is 2. The minimum atomic E-state index is -1.79. The second kappa shape index (κ2) is 13.4. The van der Waals surface area contributed by atoms with Gasteiger partial charge in [0.1, 0.15) is 0 Å². The molecule has 0 bridgehead atoms. The quantitative estimate of drug-likeness (QED) is 0.192. The number of hydrogen-bond acceptors (Lipinski definition) is 7. The van der Waals surface area contributed by atoms with Gasteiger partial charge in [-0.15, -0.1) is 0 Å². The fourth-order valence-electron chi connectivity index (χ4n) is 5.48. The Morgan fingerprint density at radius 2 is 1.95 bits per heavy atom. The molecule has 0 saturated carbocycles. The number of urea groups is 1. The minimum absolute atomic E-state index is 0.00515. The third-order valence-electron chi connectivity index (χ3n) is 9.04. The number of fused-ring (bicyclic) bond motifs is 1. The number of nitrogens with one attached hydrogen (secondary N) is 2. The summed E-state index contributed by atoms with van der Waals surface area (Å²) in [6, 6.07) is 8.42. The lowest BCUT2D eigenvalue weighted by molar-refractivity contribution is -0.0644. The average molecular weight is 620 g/mol. The smallest absolute Gasteiger partial charge is 0.318 e. The maximum absolute atomic E-state index is 13.0. The van der Waals surface area contributed by atoms with Crippen LogP contribution in [0.3, 0.4) is 0 Å². The molecule has 5 rings (SSSR count). The molecule has 1 aliphatic carbocycles. The predicted octanol–water partition coefficient (Wildman–Crippen LogP) is 6.69. The number of anilines is 2. The van der Waals surface area contributed by atoms with E-state index in [0.29, 0.717) is 32.2 Å². The number of aryl methyl sites for hydroxylation is 1. The maximum Gasteiger partial charge on any atom is 0.318 e. The molecule has 44 heavy (non-hydrogen) atoms. The summed E-state index contributed by atoms with van der Waals surface area (Å²) < 4.78 is 14.0. The lowest BCUT2D eigenvalue weighted by atomic mass is 9.95. The standard InChI is InChI=1S/C33H49N7O3Si/c1-23(2)43-27-21-39(22-27)32(41)38-30-11-9-8-10-24-18-25(12-13-28(24)30)29-14-15-34-31(37-29)36-26-19-35-40(20-26)16-17-42-44(6,7)33(3,4)5/h12-15,18-20,23,27,30H,8-11,16-17,21-22H2,1-7H3,(H,38,41)(H,34,36,37). The molecule has 11 heteroatoms. The molecule has 3 heterocycles. The molecular formula is C33H49N7O3Si. The first-order valence-electron chi connectivity index (χ1n) is 16.0. The fourth-order valence-corrected chi connectivity index (χ4v) is 6.51. The highest BCUT2D eigenvalue weighted by Gasteiger charge is 2.37. The Kier molecular flexibility index (Phi) is 9.76. The van der Waals surface area contributed by atoms with Crippen LogP contribution in [-0.2, 0) is 22.1 Å². The normalized spacial score (nSPS) is 17.6. The summed E-state index contributed by atoms with van der Waals surface area (Å²) in [6.07, 6.45) is 9.94. The molecule has 1 unspecified atom stereocenters. The van der Waals surface area contributed by atoms with Gasteiger partial charge in [-0.1, -0.05) is 39.3 Å². The van der Waals surface area contributed by atoms with Crippen LogP contribution < -0.4 is 10.6 Å². The number of nitrogens with zero attached hydrogens (tertiary/aromatic N) is 5. The minimum Gasteiger partial charge on any atom is -0.415 e. The topological polar surface area (TPSA) is 106 Å². The Morgan fingerprint density at radius 1 is 1.16 bits per heavy atom. The molecule has 2 aromatic heterocycles. The number of benzene rings is 1. The van der Waals surface area contributed by atoms with Crippen molar-refractivity contribution in [3.63, 3.8) is 0 Å². The summed E-state index contributed by atoms with van der Waals surface area (Å²) in [4.78, 5) is 24.1. The fraction of sp³-hybridized carbons (Fsp3) is 0.576. The van der Waals surface area contributed by atoms with Gasteiger partial charge >= 0.3 is 6.03 Å². The number of aromatic nitrogens is 4. The second-order valence-corrected chi connectivity index (χ2v) is 18.7. The van der Waals surface area contributed by atoms with E-state index in [-0.39, 0.29) is 29.3 Å². The molecule has 2 N–H and O–H groups in total. The van der Waals surface area contributed by atoms with Crippen LogP contribution in [0.15, 0.2) is 42.9 Å². The zero-order valence-corrected chi connectivity index (χ0v) is 28.4. The summed E-state index contributed by atoms with van der Waals surface area (Å²) in [5.41, 5.74) is 5.19. The Morgan fingerprint density at radius 3 is 2.70 bits per heavy atom. The lowest BCUT2D eigenvalue weighted by Crippen LogP contribution is -2.58. The van der Waals surface area contributed by atoms with Crippen LogP contribution in [0.2, 0.25) is 18.1 Å². The highest BCUT2D eigenvalue weighted by molar-refractivity contribution is 6.74. The van der Waals surface area contributed by atoms with E-state index in [1.54, 1.807) is 12.4 Å². The molecule has 2 aliphatic rings. The van der Waals surface area contributed by atoms with Crippen LogP contribution in [0.1, 0.15) is 71.0 Å². The van der Waals surface area contributed by atoms with E-state index < -0.39 is 8.32 Å². The van der Waals surface area contributed by atoms with Gasteiger partial charge in [0.25, 0.3) is 0 Å². The van der Waals surface area contributed by atoms with Gasteiger partial charge in [-0.25, -0.2) is 14.8 Å². The van der Waals surface area contributed by atoms with Crippen molar-refractivity contribution in [2.75, 3.05) is 25.0 Å². The van der Waals surface area contributed by atoms with Crippen LogP contribution in [0, 0.1) is 0 Å². The van der Waals surface area contributed by atoms with Crippen molar-refractivity contribution in [3.05, 3.63) is 54.0 Å². The highest BCUT2D eigenvalue weighted by Crippen LogP contribution is 2.36. The third kappa shape index (κ3) is 7.86. The van der Waals surface area contributed by atoms with Gasteiger partial charge in [0.15, 0.2) is 8.32 Å². The van der Waals surface area contributed by atoms with E-state index in [1.807, 2.05) is 35.7 Å². The van der Waals surface area contributed by atoms with E-state index in [2.05, 4.69) is 72.8 Å². The molecule has 10 nitrogen and oxygen atoms in total. The van der Waals surface area contributed by atoms with Crippen molar-refractivity contribution in [1.29, 1.82) is 0 Å². The van der Waals surface area contributed by atoms with Crippen molar-refractivity contribution >= 4 is 26.0 Å². The van der Waals surface area contributed by atoms with Crippen molar-refractivity contribution in [2.24, 2.45) is 0 Å². The summed E-state index contributed by atoms with van der Waals surface area (Å²) in [5, 5.41) is 11.3. The molecule has 1 atom stereocenters. The summed E-state index contributed by atoms with van der Waals surface area (Å²) >= 11 is 0. The SMILES string of the molecule is CC(C)OC1CN(C(=O)NC2CCCCc3cc(-c4ccnc(Nc5cnn(CCO[Si](C)(C)C(C)(C)C)c5)n4)ccc32)C1. The monoisotopic (exact) mass is 619 g/mol. The largest absolute Gasteiger partial charge is 0.415 e. The molecule has 238 valence electrons. The van der Waals surface area contributed by atoms with Gasteiger partial charge in [-0.3, -0.25) is 4.68 Å². The van der Waals surface area contributed by atoms with Gasteiger partial charge in [-0.05, 0) is 74.5 Å². The zero-order valence-electron chi connectivity index (χ0n) is 27.4. The summed E-state index contributed by atoms with van der Waals surface area (Å²) in [5.74, 6) is 0.522. The molecule has 3 aromatic rings. The van der Waals surface area contributed by atoms with Crippen molar-refractivity contribution in [3.8, 4) is 11.3 Å². The van der Waals surface area contributed by atoms with Gasteiger partial charge < -0.3 is 24.7 Å². The van der Waals surface area contributed by atoms with Gasteiger partial charge in [0, 0.05) is 18.0 Å². The first-order chi connectivity index (χ1) is 20.9. The first kappa shape index (κ1) is 32.1. The maximum atomic E-state index is 13.0. The Hall–Kier alpha value is -3.28. The highest BCUT2D eigenvalue weighted by atomic mass is 28.4.